The van der Waals surface area contributed by atoms with Gasteiger partial charge in [0.15, 0.2) is 16.6 Å². The number of phenolic OH excluding ortho intramolecular Hbond substituents is 1. The van der Waals surface area contributed by atoms with Gasteiger partial charge in [-0.1, -0.05) is 11.6 Å². The van der Waals surface area contributed by atoms with E-state index in [2.05, 4.69) is 22.7 Å². The quantitative estimate of drug-likeness (QED) is 0.432. The first-order chi connectivity index (χ1) is 7.54. The zero-order chi connectivity index (χ0) is 12.1. The second-order valence-electron chi connectivity index (χ2n) is 2.78. The number of phenols is 1. The number of thiocarbonyl (C=S) groups is 1. The van der Waals surface area contributed by atoms with Crippen LogP contribution in [0.2, 0.25) is 5.02 Å². The van der Waals surface area contributed by atoms with Crippen LogP contribution in [0.15, 0.2) is 17.2 Å². The van der Waals surface area contributed by atoms with E-state index in [4.69, 9.17) is 22.1 Å². The summed E-state index contributed by atoms with van der Waals surface area (Å²) in [7, 11) is 1.43. The van der Waals surface area contributed by atoms with Gasteiger partial charge in [-0.05, 0) is 18.3 Å². The molecule has 16 heavy (non-hydrogen) atoms. The van der Waals surface area contributed by atoms with Crippen molar-refractivity contribution in [2.45, 2.75) is 0 Å². The fraction of sp³-hybridized carbons (Fsp3) is 0.111. The second kappa shape index (κ2) is 5.53. The molecule has 86 valence electrons. The minimum absolute atomic E-state index is 0.0322. The smallest absolute Gasteiger partial charge is 0.184 e. The topological polar surface area (TPSA) is 79.9 Å². The number of benzene rings is 1. The highest BCUT2D eigenvalue weighted by atomic mass is 35.5. The lowest BCUT2D eigenvalue weighted by Gasteiger charge is -2.06. The van der Waals surface area contributed by atoms with Gasteiger partial charge in [0.2, 0.25) is 0 Å². The summed E-state index contributed by atoms with van der Waals surface area (Å²) >= 11 is 10.4. The van der Waals surface area contributed by atoms with Crippen LogP contribution in [0.3, 0.4) is 0 Å². The van der Waals surface area contributed by atoms with Crippen molar-refractivity contribution in [3.63, 3.8) is 0 Å². The Morgan fingerprint density at radius 1 is 1.69 bits per heavy atom. The molecule has 0 aliphatic heterocycles. The van der Waals surface area contributed by atoms with Gasteiger partial charge in [-0.3, -0.25) is 5.43 Å². The Kier molecular flexibility index (Phi) is 4.33. The normalized spacial score (nSPS) is 10.4. The number of nitrogens with two attached hydrogens (primary N) is 1. The summed E-state index contributed by atoms with van der Waals surface area (Å²) in [5.41, 5.74) is 7.93. The monoisotopic (exact) mass is 259 g/mol. The van der Waals surface area contributed by atoms with E-state index in [0.717, 1.165) is 0 Å². The molecule has 1 aromatic carbocycles. The first kappa shape index (κ1) is 12.5. The Balaban J connectivity index is 2.99. The van der Waals surface area contributed by atoms with Crippen molar-refractivity contribution >= 4 is 35.1 Å². The van der Waals surface area contributed by atoms with E-state index >= 15 is 0 Å². The summed E-state index contributed by atoms with van der Waals surface area (Å²) in [6.45, 7) is 0. The summed E-state index contributed by atoms with van der Waals surface area (Å²) in [6, 6.07) is 3.03. The summed E-state index contributed by atoms with van der Waals surface area (Å²) < 4.78 is 4.93. The maximum atomic E-state index is 9.71. The third-order valence-corrected chi connectivity index (χ3v) is 1.98. The van der Waals surface area contributed by atoms with Crippen LogP contribution in [0.4, 0.5) is 0 Å². The number of ether oxygens (including phenoxy) is 1. The average molecular weight is 260 g/mol. The van der Waals surface area contributed by atoms with E-state index in [1.165, 1.54) is 25.5 Å². The zero-order valence-electron chi connectivity index (χ0n) is 8.40. The minimum Gasteiger partial charge on any atom is -0.504 e. The summed E-state index contributed by atoms with van der Waals surface area (Å²) in [5.74, 6) is 0.213. The van der Waals surface area contributed by atoms with Crippen molar-refractivity contribution < 1.29 is 9.84 Å². The van der Waals surface area contributed by atoms with E-state index < -0.39 is 0 Å². The number of rotatable bonds is 3. The first-order valence-electron chi connectivity index (χ1n) is 4.19. The van der Waals surface area contributed by atoms with E-state index in [9.17, 15) is 5.11 Å². The molecule has 0 aromatic heterocycles. The fourth-order valence-corrected chi connectivity index (χ4v) is 1.28. The van der Waals surface area contributed by atoms with Crippen LogP contribution in [-0.2, 0) is 0 Å². The predicted molar refractivity (Wildman–Crippen MR) is 67.2 cm³/mol. The molecule has 1 aromatic rings. The second-order valence-corrected chi connectivity index (χ2v) is 3.66. The molecule has 0 atom stereocenters. The maximum Gasteiger partial charge on any atom is 0.184 e. The molecule has 1 rings (SSSR count). The highest BCUT2D eigenvalue weighted by Crippen LogP contribution is 2.32. The Morgan fingerprint density at radius 2 is 2.38 bits per heavy atom. The number of methoxy groups -OCH3 is 1. The Morgan fingerprint density at radius 3 is 2.94 bits per heavy atom. The van der Waals surface area contributed by atoms with E-state index in [1.807, 2.05) is 0 Å². The lowest BCUT2D eigenvalue weighted by atomic mass is 10.2. The van der Waals surface area contributed by atoms with E-state index in [-0.39, 0.29) is 16.6 Å². The Bertz CT molecular complexity index is 437. The molecular formula is C9H10ClN3O2S. The van der Waals surface area contributed by atoms with Crippen LogP contribution in [0.25, 0.3) is 0 Å². The molecule has 0 bridgehead atoms. The zero-order valence-corrected chi connectivity index (χ0v) is 9.97. The van der Waals surface area contributed by atoms with Crippen molar-refractivity contribution in [3.05, 3.63) is 22.7 Å². The van der Waals surface area contributed by atoms with Crippen LogP contribution >= 0.6 is 23.8 Å². The van der Waals surface area contributed by atoms with Gasteiger partial charge >= 0.3 is 0 Å². The molecule has 4 N–H and O–H groups in total. The van der Waals surface area contributed by atoms with Gasteiger partial charge < -0.3 is 15.6 Å². The number of nitrogens with one attached hydrogen (secondary N) is 1. The third kappa shape index (κ3) is 3.25. The number of nitrogens with zero attached hydrogens (tertiary/aromatic N) is 1. The van der Waals surface area contributed by atoms with Crippen molar-refractivity contribution in [1.82, 2.24) is 5.43 Å². The van der Waals surface area contributed by atoms with Crippen LogP contribution in [-0.4, -0.2) is 23.5 Å². The van der Waals surface area contributed by atoms with E-state index in [1.54, 1.807) is 0 Å². The van der Waals surface area contributed by atoms with Crippen molar-refractivity contribution in [3.8, 4) is 11.5 Å². The summed E-state index contributed by atoms with van der Waals surface area (Å²) in [4.78, 5) is 0. The van der Waals surface area contributed by atoms with Gasteiger partial charge in [-0.15, -0.1) is 0 Å². The number of hydrazone groups is 1. The molecule has 0 aliphatic carbocycles. The highest BCUT2D eigenvalue weighted by molar-refractivity contribution is 7.80. The predicted octanol–water partition coefficient (Wildman–Crippen LogP) is 1.22. The SMILES string of the molecule is COc1cc(Cl)cc(/C=N/NC(N)=S)c1O. The Hall–Kier alpha value is -1.53. The summed E-state index contributed by atoms with van der Waals surface area (Å²) in [6.07, 6.45) is 1.34. The lowest BCUT2D eigenvalue weighted by Crippen LogP contribution is -2.24. The third-order valence-electron chi connectivity index (χ3n) is 1.67. The largest absolute Gasteiger partial charge is 0.504 e. The molecule has 0 amide bonds. The molecule has 7 heteroatoms. The summed E-state index contributed by atoms with van der Waals surface area (Å²) in [5, 5.41) is 13.9. The van der Waals surface area contributed by atoms with Gasteiger partial charge in [0.1, 0.15) is 0 Å². The highest BCUT2D eigenvalue weighted by Gasteiger charge is 2.07. The lowest BCUT2D eigenvalue weighted by molar-refractivity contribution is 0.373. The van der Waals surface area contributed by atoms with Crippen LogP contribution in [0.1, 0.15) is 5.56 Å². The van der Waals surface area contributed by atoms with E-state index in [0.29, 0.717) is 10.6 Å². The number of halogens is 1. The average Bonchev–Trinajstić information content (AvgIpc) is 2.22. The molecule has 0 radical (unpaired) electrons. The Labute approximate surface area is 103 Å². The molecule has 0 saturated heterocycles. The van der Waals surface area contributed by atoms with Crippen molar-refractivity contribution in [2.24, 2.45) is 10.8 Å². The molecule has 0 spiro atoms. The minimum atomic E-state index is -0.0552. The molecular weight excluding hydrogens is 250 g/mol. The van der Waals surface area contributed by atoms with Crippen LogP contribution in [0, 0.1) is 0 Å². The molecule has 0 saturated carbocycles. The van der Waals surface area contributed by atoms with Crippen LogP contribution in [0.5, 0.6) is 11.5 Å². The van der Waals surface area contributed by atoms with Gasteiger partial charge in [-0.2, -0.15) is 5.10 Å². The van der Waals surface area contributed by atoms with Crippen LogP contribution < -0.4 is 15.9 Å². The number of hydrogen-bond donors (Lipinski definition) is 3. The van der Waals surface area contributed by atoms with Gasteiger partial charge in [0.05, 0.1) is 13.3 Å². The molecule has 5 nitrogen and oxygen atoms in total. The molecule has 0 aliphatic rings. The molecule has 0 heterocycles. The molecule has 0 fully saturated rings. The fourth-order valence-electron chi connectivity index (χ4n) is 1.01. The standard InChI is InChI=1S/C9H10ClN3O2S/c1-15-7-3-6(10)2-5(8(7)14)4-12-13-9(11)16/h2-4,14H,1H3,(H3,11,13,16)/b12-4+. The van der Waals surface area contributed by atoms with Gasteiger partial charge in [0, 0.05) is 16.7 Å². The van der Waals surface area contributed by atoms with Crippen molar-refractivity contribution in [2.75, 3.05) is 7.11 Å². The first-order valence-corrected chi connectivity index (χ1v) is 4.98. The van der Waals surface area contributed by atoms with Gasteiger partial charge in [-0.25, -0.2) is 0 Å². The van der Waals surface area contributed by atoms with Gasteiger partial charge in [0.25, 0.3) is 0 Å². The maximum absolute atomic E-state index is 9.71. The number of aromatic hydroxyl groups is 1. The molecule has 0 unspecified atom stereocenters. The van der Waals surface area contributed by atoms with Crippen molar-refractivity contribution in [1.29, 1.82) is 0 Å². The number of hydrogen-bond acceptors (Lipinski definition) is 4.